The van der Waals surface area contributed by atoms with Gasteiger partial charge in [0, 0.05) is 12.5 Å². The van der Waals surface area contributed by atoms with Crippen LogP contribution in [-0.2, 0) is 23.7 Å². The van der Waals surface area contributed by atoms with Crippen molar-refractivity contribution in [1.29, 1.82) is 0 Å². The molecular weight excluding hydrogens is 420 g/mol. The van der Waals surface area contributed by atoms with Crippen LogP contribution in [0.1, 0.15) is 131 Å². The van der Waals surface area contributed by atoms with Crippen LogP contribution >= 0.6 is 0 Å². The molecular formula is C27H48O3Ti. The first kappa shape index (κ1) is 40.3. The second-order valence-electron chi connectivity index (χ2n) is 7.17. The Morgan fingerprint density at radius 1 is 0.677 bits per heavy atom. The summed E-state index contributed by atoms with van der Waals surface area (Å²) in [6, 6.07) is 0. The fourth-order valence-corrected chi connectivity index (χ4v) is 1.98. The van der Waals surface area contributed by atoms with E-state index in [-0.39, 0.29) is 6.10 Å². The molecule has 0 amide bonds. The van der Waals surface area contributed by atoms with Crippen molar-refractivity contribution in [2.75, 3.05) is 0 Å². The quantitative estimate of drug-likeness (QED) is 0.134. The normalized spacial score (nSPS) is 8.10. The topological polar surface area (TPSA) is 57.5 Å². The van der Waals surface area contributed by atoms with Crippen molar-refractivity contribution in [2.45, 2.75) is 137 Å². The van der Waals surface area contributed by atoms with Crippen LogP contribution in [0.4, 0.5) is 0 Å². The van der Waals surface area contributed by atoms with Crippen molar-refractivity contribution in [1.82, 2.24) is 0 Å². The average molecular weight is 469 g/mol. The number of hydrogen-bond donors (Lipinski definition) is 2. The van der Waals surface area contributed by atoms with E-state index < -0.39 is 0 Å². The Labute approximate surface area is 207 Å². The number of hydrogen-bond acceptors (Lipinski definition) is 3. The Morgan fingerprint density at radius 3 is 1.19 bits per heavy atom. The van der Waals surface area contributed by atoms with Gasteiger partial charge in [0.15, 0.2) is 0 Å². The van der Waals surface area contributed by atoms with Gasteiger partial charge < -0.3 is 34.9 Å². The first-order valence-corrected chi connectivity index (χ1v) is 12.4. The minimum absolute atomic E-state index is 0.167. The molecule has 0 aliphatic carbocycles. The molecule has 2 N–H and O–H groups in total. The predicted molar refractivity (Wildman–Crippen MR) is 128 cm³/mol. The summed E-state index contributed by atoms with van der Waals surface area (Å²) in [5.74, 6) is 7.37. The maximum absolute atomic E-state index is 8.25. The fourth-order valence-electron chi connectivity index (χ4n) is 1.98. The van der Waals surface area contributed by atoms with Crippen LogP contribution in [0.5, 0.6) is 0 Å². The van der Waals surface area contributed by atoms with Crippen LogP contribution in [0.25, 0.3) is 0 Å². The molecule has 4 heteroatoms. The van der Waals surface area contributed by atoms with Gasteiger partial charge in [-0.25, -0.2) is 0 Å². The minimum atomic E-state index is -0.167. The molecule has 0 rings (SSSR count). The van der Waals surface area contributed by atoms with Crippen molar-refractivity contribution < 1.29 is 33.9 Å². The van der Waals surface area contributed by atoms with E-state index in [4.69, 9.17) is 26.4 Å². The summed E-state index contributed by atoms with van der Waals surface area (Å²) in [4.78, 5) is 0. The average Bonchev–Trinajstić information content (AvgIpc) is 2.76. The zero-order valence-electron chi connectivity index (χ0n) is 21.0. The van der Waals surface area contributed by atoms with Gasteiger partial charge in [-0.15, -0.1) is 0 Å². The summed E-state index contributed by atoms with van der Waals surface area (Å²) in [6.45, 7) is 10.00. The molecule has 0 heterocycles. The third kappa shape index (κ3) is 94.1. The summed E-state index contributed by atoms with van der Waals surface area (Å²) in [7, 11) is 0. The fraction of sp³-hybridized carbons (Fsp3) is 0.778. The summed E-state index contributed by atoms with van der Waals surface area (Å²) >= 11 is 0.750. The van der Waals surface area contributed by atoms with E-state index in [9.17, 15) is 0 Å². The van der Waals surface area contributed by atoms with Crippen LogP contribution in [0.15, 0.2) is 0 Å². The Balaban J connectivity index is -0.0000000969. The number of rotatable bonds is 12. The molecule has 0 aromatic rings. The molecule has 0 saturated heterocycles. The van der Waals surface area contributed by atoms with Crippen LogP contribution in [0, 0.1) is 36.7 Å². The van der Waals surface area contributed by atoms with Gasteiger partial charge in [-0.3, -0.25) is 0 Å². The molecule has 31 heavy (non-hydrogen) atoms. The summed E-state index contributed by atoms with van der Waals surface area (Å²) < 4.78 is 8.25. The van der Waals surface area contributed by atoms with Crippen LogP contribution < -0.4 is 0 Å². The molecule has 0 saturated carbocycles. The zero-order chi connectivity index (χ0) is 25.0. The Hall–Kier alpha value is -1.05. The molecule has 0 atom stereocenters. The summed E-state index contributed by atoms with van der Waals surface area (Å²) in [6.07, 6.45) is 32.4. The van der Waals surface area contributed by atoms with Crippen LogP contribution in [0.3, 0.4) is 0 Å². The van der Waals surface area contributed by atoms with Crippen molar-refractivity contribution in [3.8, 4) is 23.9 Å². The van der Waals surface area contributed by atoms with Crippen molar-refractivity contribution in [3.05, 3.63) is 12.8 Å². The van der Waals surface area contributed by atoms with E-state index in [1.54, 1.807) is 13.8 Å². The SMILES string of the molecule is CC(C)O.CCCCCCC#CO.[C-]#CCCCCCC.[C-]#CCCCCCC.[O]=[Ti+2]. The van der Waals surface area contributed by atoms with Gasteiger partial charge in [0.25, 0.3) is 0 Å². The molecule has 0 aliphatic heterocycles. The van der Waals surface area contributed by atoms with E-state index in [2.05, 4.69) is 38.5 Å². The molecule has 0 unspecified atom stereocenters. The summed E-state index contributed by atoms with van der Waals surface area (Å²) in [5.41, 5.74) is 0. The molecule has 0 bridgehead atoms. The monoisotopic (exact) mass is 468 g/mol. The molecule has 0 radical (unpaired) electrons. The molecule has 0 aromatic heterocycles. The van der Waals surface area contributed by atoms with Crippen LogP contribution in [0.2, 0.25) is 0 Å². The number of aliphatic hydroxyl groups is 2. The van der Waals surface area contributed by atoms with E-state index in [0.717, 1.165) is 58.9 Å². The Morgan fingerprint density at radius 2 is 0.968 bits per heavy atom. The Kier molecular flexibility index (Phi) is 67.0. The summed E-state index contributed by atoms with van der Waals surface area (Å²) in [5, 5.41) is 16.1. The van der Waals surface area contributed by atoms with Crippen molar-refractivity contribution in [2.24, 2.45) is 0 Å². The molecule has 0 fully saturated rings. The van der Waals surface area contributed by atoms with Gasteiger partial charge >= 0.3 is 23.7 Å². The maximum atomic E-state index is 8.25. The molecule has 178 valence electrons. The van der Waals surface area contributed by atoms with Crippen LogP contribution in [-0.4, -0.2) is 16.3 Å². The van der Waals surface area contributed by atoms with Gasteiger partial charge in [0.05, 0.1) is 0 Å². The molecule has 0 aliphatic rings. The van der Waals surface area contributed by atoms with Gasteiger partial charge in [-0.1, -0.05) is 84.5 Å². The molecule has 3 nitrogen and oxygen atoms in total. The van der Waals surface area contributed by atoms with E-state index >= 15 is 0 Å². The number of aliphatic hydroxyl groups excluding tert-OH is 2. The third-order valence-electron chi connectivity index (χ3n) is 3.55. The first-order valence-electron chi connectivity index (χ1n) is 11.8. The van der Waals surface area contributed by atoms with Crippen molar-refractivity contribution >= 4 is 0 Å². The number of unbranched alkanes of at least 4 members (excludes halogenated alkanes) is 12. The second kappa shape index (κ2) is 51.5. The predicted octanol–water partition coefficient (Wildman–Crippen LogP) is 7.65. The second-order valence-corrected chi connectivity index (χ2v) is 7.17. The van der Waals surface area contributed by atoms with Crippen molar-refractivity contribution in [3.63, 3.8) is 0 Å². The first-order chi connectivity index (χ1) is 15.0. The zero-order valence-corrected chi connectivity index (χ0v) is 22.5. The standard InChI is InChI=1S/C8H14O.2C8H13.C3H8O.O.Ti/c1-2-3-4-5-6-7-8-9;2*1-3-5-7-8-6-4-2;1-3(2)4;;/h9H,2-6H2,1H3;2*3,5-8H2,1H3;3-4H,1-2H3;;/q;2*-1;;;+2. The van der Waals surface area contributed by atoms with E-state index in [0.29, 0.717) is 0 Å². The van der Waals surface area contributed by atoms with E-state index in [1.165, 1.54) is 57.8 Å². The van der Waals surface area contributed by atoms with E-state index in [1.807, 2.05) is 6.11 Å². The molecule has 0 spiro atoms. The third-order valence-corrected chi connectivity index (χ3v) is 3.55. The van der Waals surface area contributed by atoms with Gasteiger partial charge in [-0.2, -0.15) is 0 Å². The Bertz CT molecular complexity index is 386. The van der Waals surface area contributed by atoms with Gasteiger partial charge in [0.1, 0.15) is 6.11 Å². The molecule has 0 aromatic carbocycles. The van der Waals surface area contributed by atoms with Gasteiger partial charge in [-0.05, 0) is 46.0 Å². The van der Waals surface area contributed by atoms with Gasteiger partial charge in [0.2, 0.25) is 0 Å².